The number of anilines is 1. The number of amides is 1. The molecule has 12 heavy (non-hydrogen) atoms. The van der Waals surface area contributed by atoms with Gasteiger partial charge in [-0.25, -0.2) is 9.37 Å². The van der Waals surface area contributed by atoms with Crippen LogP contribution >= 0.6 is 0 Å². The fourth-order valence-electron chi connectivity index (χ4n) is 1.12. The predicted octanol–water partition coefficient (Wildman–Crippen LogP) is 0.421. The maximum Gasteiger partial charge on any atom is 0.230 e. The summed E-state index contributed by atoms with van der Waals surface area (Å²) in [6, 6.07) is 0. The van der Waals surface area contributed by atoms with Crippen molar-refractivity contribution in [2.24, 2.45) is 0 Å². The van der Waals surface area contributed by atoms with E-state index in [1.807, 2.05) is 0 Å². The third-order valence-electron chi connectivity index (χ3n) is 1.69. The summed E-state index contributed by atoms with van der Waals surface area (Å²) >= 11 is 0. The molecule has 0 aromatic carbocycles. The third kappa shape index (κ3) is 0.827. The lowest BCUT2D eigenvalue weighted by Gasteiger charge is -1.99. The van der Waals surface area contributed by atoms with E-state index in [2.05, 4.69) is 10.3 Å². The van der Waals surface area contributed by atoms with Crippen LogP contribution in [0.5, 0.6) is 5.75 Å². The van der Waals surface area contributed by atoms with Gasteiger partial charge in [-0.2, -0.15) is 0 Å². The van der Waals surface area contributed by atoms with E-state index in [0.717, 1.165) is 6.20 Å². The van der Waals surface area contributed by atoms with Crippen molar-refractivity contribution in [2.45, 2.75) is 6.42 Å². The number of halogens is 1. The molecule has 0 bridgehead atoms. The minimum atomic E-state index is -0.765. The molecule has 1 aromatic rings. The Hall–Kier alpha value is -1.65. The fourth-order valence-corrected chi connectivity index (χ4v) is 1.12. The van der Waals surface area contributed by atoms with E-state index in [4.69, 9.17) is 5.11 Å². The summed E-state index contributed by atoms with van der Waals surface area (Å²) < 4.78 is 13.0. The minimum absolute atomic E-state index is 0.0530. The lowest BCUT2D eigenvalue weighted by atomic mass is 10.2. The molecule has 0 fully saturated rings. The fraction of sp³-hybridized carbons (Fsp3) is 0.143. The van der Waals surface area contributed by atoms with Crippen LogP contribution in [-0.4, -0.2) is 16.0 Å². The molecule has 0 unspecified atom stereocenters. The zero-order valence-corrected chi connectivity index (χ0v) is 5.97. The summed E-state index contributed by atoms with van der Waals surface area (Å²) in [7, 11) is 0. The summed E-state index contributed by atoms with van der Waals surface area (Å²) in [6.45, 7) is 0. The van der Waals surface area contributed by atoms with Gasteiger partial charge < -0.3 is 10.4 Å². The maximum atomic E-state index is 13.0. The summed E-state index contributed by atoms with van der Waals surface area (Å²) in [5, 5.41) is 11.3. The molecule has 62 valence electrons. The lowest BCUT2D eigenvalue weighted by molar-refractivity contribution is -0.115. The molecular weight excluding hydrogens is 163 g/mol. The normalized spacial score (nSPS) is 14.2. The molecule has 0 saturated carbocycles. The number of aromatic hydroxyl groups is 1. The number of carbonyl (C=O) groups is 1. The molecule has 1 amide bonds. The largest absolute Gasteiger partial charge is 0.504 e. The van der Waals surface area contributed by atoms with Gasteiger partial charge in [0.25, 0.3) is 0 Å². The van der Waals surface area contributed by atoms with Crippen molar-refractivity contribution in [3.8, 4) is 5.75 Å². The summed E-state index contributed by atoms with van der Waals surface area (Å²) in [5.74, 6) is -1.39. The van der Waals surface area contributed by atoms with Gasteiger partial charge in [-0.05, 0) is 0 Å². The Morgan fingerprint density at radius 2 is 2.42 bits per heavy atom. The standard InChI is InChI=1S/C7H5FN2O2/c8-6-3-1-5(12)10-7(3)9-2-4(6)11/h2,11H,1H2,(H,9,10,12). The van der Waals surface area contributed by atoms with Crippen molar-refractivity contribution in [2.75, 3.05) is 5.32 Å². The number of hydrogen-bond acceptors (Lipinski definition) is 3. The molecular formula is C7H5FN2O2. The first-order valence-corrected chi connectivity index (χ1v) is 3.34. The highest BCUT2D eigenvalue weighted by Crippen LogP contribution is 2.27. The molecule has 2 heterocycles. The number of nitrogens with zero attached hydrogens (tertiary/aromatic N) is 1. The summed E-state index contributed by atoms with van der Waals surface area (Å²) in [6.07, 6.45) is 0.919. The van der Waals surface area contributed by atoms with Crippen LogP contribution < -0.4 is 5.32 Å². The van der Waals surface area contributed by atoms with E-state index in [9.17, 15) is 9.18 Å². The molecule has 0 aliphatic carbocycles. The molecule has 0 spiro atoms. The van der Waals surface area contributed by atoms with Crippen molar-refractivity contribution in [3.05, 3.63) is 17.6 Å². The van der Waals surface area contributed by atoms with Crippen molar-refractivity contribution in [1.82, 2.24) is 4.98 Å². The number of rotatable bonds is 0. The van der Waals surface area contributed by atoms with Gasteiger partial charge in [-0.3, -0.25) is 4.79 Å². The van der Waals surface area contributed by atoms with Crippen LogP contribution in [0, 0.1) is 5.82 Å². The van der Waals surface area contributed by atoms with Gasteiger partial charge in [0.2, 0.25) is 5.91 Å². The molecule has 4 nitrogen and oxygen atoms in total. The highest BCUT2D eigenvalue weighted by molar-refractivity contribution is 5.98. The number of pyridine rings is 1. The Bertz CT molecular complexity index is 365. The van der Waals surface area contributed by atoms with Crippen LogP contribution in [0.15, 0.2) is 6.20 Å². The van der Waals surface area contributed by atoms with Gasteiger partial charge in [0.15, 0.2) is 11.6 Å². The van der Waals surface area contributed by atoms with E-state index in [1.54, 1.807) is 0 Å². The molecule has 2 rings (SSSR count). The molecule has 0 saturated heterocycles. The second kappa shape index (κ2) is 2.17. The smallest absolute Gasteiger partial charge is 0.230 e. The Morgan fingerprint density at radius 1 is 1.67 bits per heavy atom. The number of hydrogen-bond donors (Lipinski definition) is 2. The minimum Gasteiger partial charge on any atom is -0.504 e. The van der Waals surface area contributed by atoms with E-state index >= 15 is 0 Å². The van der Waals surface area contributed by atoms with E-state index in [1.165, 1.54) is 0 Å². The second-order valence-electron chi connectivity index (χ2n) is 2.51. The van der Waals surface area contributed by atoms with Gasteiger partial charge in [-0.15, -0.1) is 0 Å². The number of aromatic nitrogens is 1. The van der Waals surface area contributed by atoms with Crippen LogP contribution in [0.3, 0.4) is 0 Å². The van der Waals surface area contributed by atoms with Crippen LogP contribution in [0.1, 0.15) is 5.56 Å². The van der Waals surface area contributed by atoms with Gasteiger partial charge in [0.05, 0.1) is 12.6 Å². The van der Waals surface area contributed by atoms with Gasteiger partial charge in [-0.1, -0.05) is 0 Å². The number of fused-ring (bicyclic) bond motifs is 1. The van der Waals surface area contributed by atoms with Crippen molar-refractivity contribution >= 4 is 11.7 Å². The van der Waals surface area contributed by atoms with Crippen LogP contribution in [0.4, 0.5) is 10.2 Å². The number of carbonyl (C=O) groups excluding carboxylic acids is 1. The molecule has 5 heteroatoms. The molecule has 1 aliphatic rings. The quantitative estimate of drug-likeness (QED) is 0.590. The van der Waals surface area contributed by atoms with Crippen molar-refractivity contribution in [3.63, 3.8) is 0 Å². The Balaban J connectivity index is 2.61. The first-order chi connectivity index (χ1) is 5.68. The topological polar surface area (TPSA) is 62.2 Å². The molecule has 2 N–H and O–H groups in total. The molecule has 1 aliphatic heterocycles. The average molecular weight is 168 g/mol. The highest BCUT2D eigenvalue weighted by atomic mass is 19.1. The predicted molar refractivity (Wildman–Crippen MR) is 38.2 cm³/mol. The lowest BCUT2D eigenvalue weighted by Crippen LogP contribution is -2.04. The molecule has 0 atom stereocenters. The average Bonchev–Trinajstić information content (AvgIpc) is 2.39. The van der Waals surface area contributed by atoms with Crippen LogP contribution in [0.25, 0.3) is 0 Å². The summed E-state index contributed by atoms with van der Waals surface area (Å²) in [5.41, 5.74) is 0.139. The Kier molecular flexibility index (Phi) is 1.27. The Labute approximate surface area is 67.0 Å². The van der Waals surface area contributed by atoms with Crippen LogP contribution in [0.2, 0.25) is 0 Å². The van der Waals surface area contributed by atoms with Crippen molar-refractivity contribution < 1.29 is 14.3 Å². The van der Waals surface area contributed by atoms with Gasteiger partial charge in [0, 0.05) is 5.56 Å². The maximum absolute atomic E-state index is 13.0. The second-order valence-corrected chi connectivity index (χ2v) is 2.51. The summed E-state index contributed by atoms with van der Waals surface area (Å²) in [4.78, 5) is 14.4. The van der Waals surface area contributed by atoms with E-state index in [0.29, 0.717) is 0 Å². The SMILES string of the molecule is O=C1Cc2c(ncc(O)c2F)N1. The third-order valence-corrected chi connectivity index (χ3v) is 1.69. The zero-order chi connectivity index (χ0) is 8.72. The van der Waals surface area contributed by atoms with Crippen LogP contribution in [-0.2, 0) is 11.2 Å². The van der Waals surface area contributed by atoms with E-state index in [-0.39, 0.29) is 23.7 Å². The van der Waals surface area contributed by atoms with Crippen molar-refractivity contribution in [1.29, 1.82) is 0 Å². The Morgan fingerprint density at radius 3 is 3.17 bits per heavy atom. The first-order valence-electron chi connectivity index (χ1n) is 3.34. The molecule has 1 aromatic heterocycles. The monoisotopic (exact) mass is 168 g/mol. The van der Waals surface area contributed by atoms with E-state index < -0.39 is 11.6 Å². The van der Waals surface area contributed by atoms with Gasteiger partial charge in [0.1, 0.15) is 5.82 Å². The highest BCUT2D eigenvalue weighted by Gasteiger charge is 2.24. The number of nitrogens with one attached hydrogen (secondary N) is 1. The molecule has 0 radical (unpaired) electrons. The first kappa shape index (κ1) is 7.02. The zero-order valence-electron chi connectivity index (χ0n) is 5.97. The van der Waals surface area contributed by atoms with Gasteiger partial charge >= 0.3 is 0 Å².